The molecule has 0 aliphatic rings. The molecule has 0 unspecified atom stereocenters. The summed E-state index contributed by atoms with van der Waals surface area (Å²) in [7, 11) is 0. The molecule has 0 radical (unpaired) electrons. The Hall–Kier alpha value is -2.20. The molecule has 0 saturated heterocycles. The lowest BCUT2D eigenvalue weighted by Crippen LogP contribution is -2.14. The molecule has 3 aromatic rings. The molecule has 0 bridgehead atoms. The summed E-state index contributed by atoms with van der Waals surface area (Å²) in [6.45, 7) is 3.56. The molecular formula is C17H18FN3. The maximum atomic E-state index is 14.2. The van der Waals surface area contributed by atoms with Crippen LogP contribution in [0, 0.1) is 5.82 Å². The monoisotopic (exact) mass is 283 g/mol. The molecule has 2 aromatic heterocycles. The summed E-state index contributed by atoms with van der Waals surface area (Å²) in [5, 5.41) is 3.22. The van der Waals surface area contributed by atoms with Crippen LogP contribution in [0.4, 0.5) is 4.39 Å². The van der Waals surface area contributed by atoms with E-state index in [2.05, 4.69) is 17.2 Å². The van der Waals surface area contributed by atoms with E-state index in [1.54, 1.807) is 12.3 Å². The minimum absolute atomic E-state index is 0.173. The summed E-state index contributed by atoms with van der Waals surface area (Å²) in [4.78, 5) is 4.25. The highest BCUT2D eigenvalue weighted by Crippen LogP contribution is 2.23. The van der Waals surface area contributed by atoms with Crippen molar-refractivity contribution in [3.8, 4) is 11.3 Å². The second-order valence-corrected chi connectivity index (χ2v) is 5.05. The minimum Gasteiger partial charge on any atom is -0.313 e. The van der Waals surface area contributed by atoms with Gasteiger partial charge in [0, 0.05) is 30.1 Å². The number of nitrogens with one attached hydrogen (secondary N) is 1. The lowest BCUT2D eigenvalue weighted by Gasteiger charge is -2.09. The van der Waals surface area contributed by atoms with Crippen LogP contribution in [0.1, 0.15) is 18.9 Å². The van der Waals surface area contributed by atoms with Crippen LogP contribution in [0.15, 0.2) is 48.8 Å². The number of halogens is 1. The first-order valence-electron chi connectivity index (χ1n) is 7.21. The highest BCUT2D eigenvalue weighted by molar-refractivity contribution is 5.64. The Bertz CT molecular complexity index is 749. The molecule has 4 heteroatoms. The normalized spacial score (nSPS) is 11.1. The third-order valence-electron chi connectivity index (χ3n) is 3.52. The molecule has 0 aliphatic carbocycles. The first-order chi connectivity index (χ1) is 10.3. The van der Waals surface area contributed by atoms with Gasteiger partial charge in [0.15, 0.2) is 0 Å². The van der Waals surface area contributed by atoms with Gasteiger partial charge in [0.05, 0.1) is 5.69 Å². The van der Waals surface area contributed by atoms with Crippen molar-refractivity contribution in [1.29, 1.82) is 0 Å². The zero-order valence-electron chi connectivity index (χ0n) is 12.0. The Morgan fingerprint density at radius 2 is 2.14 bits per heavy atom. The number of benzene rings is 1. The number of aromatic nitrogens is 2. The van der Waals surface area contributed by atoms with Crippen LogP contribution in [-0.2, 0) is 6.54 Å². The topological polar surface area (TPSA) is 29.3 Å². The Morgan fingerprint density at radius 3 is 2.95 bits per heavy atom. The van der Waals surface area contributed by atoms with Gasteiger partial charge in [-0.15, -0.1) is 0 Å². The molecule has 0 saturated carbocycles. The lowest BCUT2D eigenvalue weighted by molar-refractivity contribution is 0.587. The summed E-state index contributed by atoms with van der Waals surface area (Å²) in [5.41, 5.74) is 3.36. The van der Waals surface area contributed by atoms with E-state index >= 15 is 0 Å². The van der Waals surface area contributed by atoms with Crippen molar-refractivity contribution in [2.24, 2.45) is 0 Å². The van der Waals surface area contributed by atoms with Gasteiger partial charge in [-0.1, -0.05) is 25.1 Å². The van der Waals surface area contributed by atoms with Crippen LogP contribution >= 0.6 is 0 Å². The molecule has 3 rings (SSSR count). The van der Waals surface area contributed by atoms with Crippen LogP contribution in [0.3, 0.4) is 0 Å². The van der Waals surface area contributed by atoms with E-state index < -0.39 is 0 Å². The largest absolute Gasteiger partial charge is 0.313 e. The van der Waals surface area contributed by atoms with E-state index in [1.807, 2.05) is 40.9 Å². The molecule has 21 heavy (non-hydrogen) atoms. The first kappa shape index (κ1) is 13.8. The molecule has 108 valence electrons. The van der Waals surface area contributed by atoms with Gasteiger partial charge in [0.2, 0.25) is 0 Å². The maximum absolute atomic E-state index is 14.2. The number of nitrogens with zero attached hydrogens (tertiary/aromatic N) is 2. The number of imidazole rings is 1. The Morgan fingerprint density at radius 1 is 1.24 bits per heavy atom. The molecule has 2 heterocycles. The minimum atomic E-state index is -0.173. The molecule has 0 fully saturated rings. The number of fused-ring (bicyclic) bond motifs is 1. The fourth-order valence-electron chi connectivity index (χ4n) is 2.43. The summed E-state index contributed by atoms with van der Waals surface area (Å²) < 4.78 is 16.2. The second kappa shape index (κ2) is 6.06. The number of hydrogen-bond donors (Lipinski definition) is 1. The van der Waals surface area contributed by atoms with Crippen LogP contribution < -0.4 is 5.32 Å². The van der Waals surface area contributed by atoms with Crippen molar-refractivity contribution >= 4 is 5.65 Å². The molecule has 1 aromatic carbocycles. The van der Waals surface area contributed by atoms with E-state index in [9.17, 15) is 4.39 Å². The Balaban J connectivity index is 1.93. The van der Waals surface area contributed by atoms with Crippen molar-refractivity contribution in [2.45, 2.75) is 19.9 Å². The molecular weight excluding hydrogens is 265 g/mol. The standard InChI is InChI=1S/C17H18FN3/c1-2-8-19-12-14-7-6-13(11-15(14)18)16-4-3-5-17-20-9-10-21(16)17/h3-7,9-11,19H,2,8,12H2,1H3. The van der Waals surface area contributed by atoms with Crippen molar-refractivity contribution < 1.29 is 4.39 Å². The maximum Gasteiger partial charge on any atom is 0.137 e. The van der Waals surface area contributed by atoms with E-state index in [1.165, 1.54) is 0 Å². The van der Waals surface area contributed by atoms with Gasteiger partial charge >= 0.3 is 0 Å². The van der Waals surface area contributed by atoms with Gasteiger partial charge in [0.25, 0.3) is 0 Å². The fraction of sp³-hybridized carbons (Fsp3) is 0.235. The van der Waals surface area contributed by atoms with E-state index in [4.69, 9.17) is 0 Å². The Kier molecular flexibility index (Phi) is 3.97. The van der Waals surface area contributed by atoms with Crippen molar-refractivity contribution in [3.63, 3.8) is 0 Å². The third-order valence-corrected chi connectivity index (χ3v) is 3.52. The van der Waals surface area contributed by atoms with Gasteiger partial charge in [-0.2, -0.15) is 0 Å². The molecule has 0 spiro atoms. The van der Waals surface area contributed by atoms with Crippen molar-refractivity contribution in [3.05, 3.63) is 60.2 Å². The zero-order chi connectivity index (χ0) is 14.7. The fourth-order valence-corrected chi connectivity index (χ4v) is 2.43. The van der Waals surface area contributed by atoms with Crippen molar-refractivity contribution in [1.82, 2.24) is 14.7 Å². The molecule has 0 atom stereocenters. The number of rotatable bonds is 5. The van der Waals surface area contributed by atoms with E-state index in [0.29, 0.717) is 12.1 Å². The smallest absolute Gasteiger partial charge is 0.137 e. The van der Waals surface area contributed by atoms with Gasteiger partial charge in [0.1, 0.15) is 11.5 Å². The SMILES string of the molecule is CCCNCc1ccc(-c2cccc3nccn23)cc1F. The van der Waals surface area contributed by atoms with Crippen LogP contribution in [-0.4, -0.2) is 15.9 Å². The lowest BCUT2D eigenvalue weighted by atomic mass is 10.1. The van der Waals surface area contributed by atoms with Crippen LogP contribution in [0.25, 0.3) is 16.9 Å². The molecule has 0 amide bonds. The first-order valence-corrected chi connectivity index (χ1v) is 7.21. The van der Waals surface area contributed by atoms with E-state index in [0.717, 1.165) is 29.9 Å². The van der Waals surface area contributed by atoms with Crippen molar-refractivity contribution in [2.75, 3.05) is 6.54 Å². The predicted octanol–water partition coefficient (Wildman–Crippen LogP) is 3.64. The average molecular weight is 283 g/mol. The van der Waals surface area contributed by atoms with Gasteiger partial charge in [-0.3, -0.25) is 4.40 Å². The highest BCUT2D eigenvalue weighted by Gasteiger charge is 2.07. The Labute approximate surface area is 123 Å². The molecule has 0 aliphatic heterocycles. The number of hydrogen-bond acceptors (Lipinski definition) is 2. The van der Waals surface area contributed by atoms with Gasteiger partial charge in [-0.05, 0) is 31.2 Å². The quantitative estimate of drug-likeness (QED) is 0.724. The zero-order valence-corrected chi connectivity index (χ0v) is 12.0. The third kappa shape index (κ3) is 2.81. The summed E-state index contributed by atoms with van der Waals surface area (Å²) in [5.74, 6) is -0.173. The summed E-state index contributed by atoms with van der Waals surface area (Å²) in [6.07, 6.45) is 4.68. The van der Waals surface area contributed by atoms with E-state index in [-0.39, 0.29) is 5.82 Å². The van der Waals surface area contributed by atoms with Crippen LogP contribution in [0.2, 0.25) is 0 Å². The second-order valence-electron chi connectivity index (χ2n) is 5.05. The molecule has 1 N–H and O–H groups in total. The summed E-state index contributed by atoms with van der Waals surface area (Å²) >= 11 is 0. The van der Waals surface area contributed by atoms with Gasteiger partial charge < -0.3 is 5.32 Å². The van der Waals surface area contributed by atoms with Crippen LogP contribution in [0.5, 0.6) is 0 Å². The summed E-state index contributed by atoms with van der Waals surface area (Å²) in [6, 6.07) is 11.2. The number of pyridine rings is 1. The van der Waals surface area contributed by atoms with Gasteiger partial charge in [-0.25, -0.2) is 9.37 Å². The highest BCUT2D eigenvalue weighted by atomic mass is 19.1. The predicted molar refractivity (Wildman–Crippen MR) is 82.6 cm³/mol. The molecule has 3 nitrogen and oxygen atoms in total. The average Bonchev–Trinajstić information content (AvgIpc) is 2.97.